The molecule has 1 atom stereocenters. The van der Waals surface area contributed by atoms with E-state index in [9.17, 15) is 4.79 Å². The third kappa shape index (κ3) is 3.15. The number of aromatic nitrogens is 1. The van der Waals surface area contributed by atoms with E-state index in [0.717, 1.165) is 4.88 Å². The number of pyridine rings is 1. The zero-order chi connectivity index (χ0) is 13.0. The Kier molecular flexibility index (Phi) is 4.07. The van der Waals surface area contributed by atoms with Gasteiger partial charge in [-0.1, -0.05) is 0 Å². The highest BCUT2D eigenvalue weighted by molar-refractivity contribution is 7.10. The molecule has 0 saturated carbocycles. The minimum absolute atomic E-state index is 0.211. The van der Waals surface area contributed by atoms with Crippen molar-refractivity contribution in [3.8, 4) is 0 Å². The summed E-state index contributed by atoms with van der Waals surface area (Å²) in [6.07, 6.45) is 3.53. The minimum Gasteiger partial charge on any atom is -0.478 e. The number of hydrogen-bond acceptors (Lipinski definition) is 4. The van der Waals surface area contributed by atoms with E-state index in [1.807, 2.05) is 12.1 Å². The molecule has 2 rings (SSSR count). The highest BCUT2D eigenvalue weighted by Crippen LogP contribution is 2.17. The maximum Gasteiger partial charge on any atom is 0.336 e. The SMILES string of the molecule is C[C@@H](NCc1cc(C(=O)O)cs1)c1ccncc1. The standard InChI is InChI=1S/C13H14N2O2S/c1-9(10-2-4-14-5-3-10)15-7-12-6-11(8-18-12)13(16)17/h2-6,8-9,15H,7H2,1H3,(H,16,17)/t9-/m1/s1. The molecule has 0 saturated heterocycles. The van der Waals surface area contributed by atoms with Gasteiger partial charge in [-0.15, -0.1) is 11.3 Å². The number of hydrogen-bond donors (Lipinski definition) is 2. The first-order valence-electron chi connectivity index (χ1n) is 5.61. The molecular formula is C13H14N2O2S. The molecular weight excluding hydrogens is 248 g/mol. The Balaban J connectivity index is 1.93. The average molecular weight is 262 g/mol. The molecule has 0 unspecified atom stereocenters. The van der Waals surface area contributed by atoms with Gasteiger partial charge in [-0.25, -0.2) is 4.79 Å². The summed E-state index contributed by atoms with van der Waals surface area (Å²) >= 11 is 1.46. The summed E-state index contributed by atoms with van der Waals surface area (Å²) in [6.45, 7) is 2.74. The van der Waals surface area contributed by atoms with E-state index < -0.39 is 5.97 Å². The summed E-state index contributed by atoms with van der Waals surface area (Å²) in [4.78, 5) is 15.8. The van der Waals surface area contributed by atoms with Crippen molar-refractivity contribution in [1.82, 2.24) is 10.3 Å². The Morgan fingerprint density at radius 2 is 2.22 bits per heavy atom. The normalized spacial score (nSPS) is 12.3. The van der Waals surface area contributed by atoms with Crippen LogP contribution in [0.1, 0.15) is 33.8 Å². The van der Waals surface area contributed by atoms with Crippen molar-refractivity contribution in [2.24, 2.45) is 0 Å². The summed E-state index contributed by atoms with van der Waals surface area (Å²) < 4.78 is 0. The van der Waals surface area contributed by atoms with E-state index in [1.165, 1.54) is 16.9 Å². The lowest BCUT2D eigenvalue weighted by atomic mass is 10.1. The number of nitrogens with zero attached hydrogens (tertiary/aromatic N) is 1. The summed E-state index contributed by atoms with van der Waals surface area (Å²) in [5.41, 5.74) is 1.52. The molecule has 0 amide bonds. The molecule has 0 bridgehead atoms. The molecule has 18 heavy (non-hydrogen) atoms. The molecule has 0 aliphatic rings. The number of nitrogens with one attached hydrogen (secondary N) is 1. The van der Waals surface area contributed by atoms with Crippen LogP contribution in [0.5, 0.6) is 0 Å². The smallest absolute Gasteiger partial charge is 0.336 e. The van der Waals surface area contributed by atoms with Crippen molar-refractivity contribution < 1.29 is 9.90 Å². The van der Waals surface area contributed by atoms with E-state index >= 15 is 0 Å². The summed E-state index contributed by atoms with van der Waals surface area (Å²) in [6, 6.07) is 5.85. The van der Waals surface area contributed by atoms with Crippen LogP contribution in [0.4, 0.5) is 0 Å². The largest absolute Gasteiger partial charge is 0.478 e. The zero-order valence-electron chi connectivity index (χ0n) is 9.96. The van der Waals surface area contributed by atoms with Gasteiger partial charge in [-0.3, -0.25) is 4.98 Å². The van der Waals surface area contributed by atoms with E-state index in [2.05, 4.69) is 17.2 Å². The highest BCUT2D eigenvalue weighted by atomic mass is 32.1. The fraction of sp³-hybridized carbons (Fsp3) is 0.231. The number of thiophene rings is 1. The van der Waals surface area contributed by atoms with Crippen LogP contribution in [0.25, 0.3) is 0 Å². The zero-order valence-corrected chi connectivity index (χ0v) is 10.8. The van der Waals surface area contributed by atoms with E-state index in [1.54, 1.807) is 23.8 Å². The number of carbonyl (C=O) groups is 1. The Morgan fingerprint density at radius 1 is 1.50 bits per heavy atom. The number of carboxylic acids is 1. The molecule has 94 valence electrons. The van der Waals surface area contributed by atoms with Crippen LogP contribution in [-0.2, 0) is 6.54 Å². The van der Waals surface area contributed by atoms with Gasteiger partial charge in [0.05, 0.1) is 5.56 Å². The molecule has 0 spiro atoms. The lowest BCUT2D eigenvalue weighted by Crippen LogP contribution is -2.17. The molecule has 0 radical (unpaired) electrons. The van der Waals surface area contributed by atoms with Crippen LogP contribution in [0.3, 0.4) is 0 Å². The maximum atomic E-state index is 10.8. The quantitative estimate of drug-likeness (QED) is 0.869. The van der Waals surface area contributed by atoms with Gasteiger partial charge in [0.2, 0.25) is 0 Å². The van der Waals surface area contributed by atoms with Crippen LogP contribution in [0.2, 0.25) is 0 Å². The van der Waals surface area contributed by atoms with Gasteiger partial charge in [0.25, 0.3) is 0 Å². The highest BCUT2D eigenvalue weighted by Gasteiger charge is 2.08. The monoisotopic (exact) mass is 262 g/mol. The predicted molar refractivity (Wildman–Crippen MR) is 70.8 cm³/mol. The number of carboxylic acid groups (broad SMARTS) is 1. The van der Waals surface area contributed by atoms with Crippen molar-refractivity contribution in [3.63, 3.8) is 0 Å². The summed E-state index contributed by atoms with van der Waals surface area (Å²) in [7, 11) is 0. The number of rotatable bonds is 5. The minimum atomic E-state index is -0.875. The molecule has 2 aromatic heterocycles. The first kappa shape index (κ1) is 12.7. The fourth-order valence-electron chi connectivity index (χ4n) is 1.61. The Labute approximate surface area is 109 Å². The lowest BCUT2D eigenvalue weighted by Gasteiger charge is -2.12. The summed E-state index contributed by atoms with van der Waals surface area (Å²) in [5, 5.41) is 13.9. The second-order valence-corrected chi connectivity index (χ2v) is 4.99. The lowest BCUT2D eigenvalue weighted by molar-refractivity contribution is 0.0697. The molecule has 0 aromatic carbocycles. The summed E-state index contributed by atoms with van der Waals surface area (Å²) in [5.74, 6) is -0.875. The van der Waals surface area contributed by atoms with E-state index in [0.29, 0.717) is 12.1 Å². The predicted octanol–water partition coefficient (Wildman–Crippen LogP) is 2.69. The van der Waals surface area contributed by atoms with Gasteiger partial charge >= 0.3 is 5.97 Å². The fourth-order valence-corrected chi connectivity index (χ4v) is 2.42. The third-order valence-electron chi connectivity index (χ3n) is 2.69. The van der Waals surface area contributed by atoms with Crippen molar-refractivity contribution >= 4 is 17.3 Å². The van der Waals surface area contributed by atoms with Crippen LogP contribution >= 0.6 is 11.3 Å². The van der Waals surface area contributed by atoms with Gasteiger partial charge in [0, 0.05) is 35.2 Å². The van der Waals surface area contributed by atoms with Gasteiger partial charge in [0.1, 0.15) is 0 Å². The van der Waals surface area contributed by atoms with Crippen molar-refractivity contribution in [3.05, 3.63) is 52.0 Å². The van der Waals surface area contributed by atoms with Crippen molar-refractivity contribution in [2.75, 3.05) is 0 Å². The second-order valence-electron chi connectivity index (χ2n) is 3.99. The molecule has 5 heteroatoms. The molecule has 0 fully saturated rings. The first-order valence-corrected chi connectivity index (χ1v) is 6.49. The van der Waals surface area contributed by atoms with Gasteiger partial charge in [-0.05, 0) is 30.7 Å². The second kappa shape index (κ2) is 5.75. The van der Waals surface area contributed by atoms with Crippen LogP contribution in [-0.4, -0.2) is 16.1 Å². The van der Waals surface area contributed by atoms with Gasteiger partial charge in [0.15, 0.2) is 0 Å². The first-order chi connectivity index (χ1) is 8.66. The van der Waals surface area contributed by atoms with Crippen molar-refractivity contribution in [1.29, 1.82) is 0 Å². The Bertz CT molecular complexity index is 525. The molecule has 4 nitrogen and oxygen atoms in total. The Morgan fingerprint density at radius 3 is 2.83 bits per heavy atom. The topological polar surface area (TPSA) is 62.2 Å². The molecule has 2 heterocycles. The van der Waals surface area contributed by atoms with Gasteiger partial charge < -0.3 is 10.4 Å². The third-order valence-corrected chi connectivity index (χ3v) is 3.63. The van der Waals surface area contributed by atoms with Crippen molar-refractivity contribution in [2.45, 2.75) is 19.5 Å². The molecule has 2 aromatic rings. The van der Waals surface area contributed by atoms with E-state index in [-0.39, 0.29) is 6.04 Å². The van der Waals surface area contributed by atoms with E-state index in [4.69, 9.17) is 5.11 Å². The molecule has 0 aliphatic heterocycles. The molecule has 0 aliphatic carbocycles. The van der Waals surface area contributed by atoms with Crippen LogP contribution in [0.15, 0.2) is 36.0 Å². The van der Waals surface area contributed by atoms with Crippen LogP contribution < -0.4 is 5.32 Å². The van der Waals surface area contributed by atoms with Crippen LogP contribution in [0, 0.1) is 0 Å². The maximum absolute atomic E-state index is 10.8. The molecule has 2 N–H and O–H groups in total. The average Bonchev–Trinajstić information content (AvgIpc) is 2.86. The Hall–Kier alpha value is -1.72. The number of aromatic carboxylic acids is 1. The van der Waals surface area contributed by atoms with Gasteiger partial charge in [-0.2, -0.15) is 0 Å².